The van der Waals surface area contributed by atoms with E-state index in [0.717, 1.165) is 12.5 Å². The summed E-state index contributed by atoms with van der Waals surface area (Å²) < 4.78 is 0. The zero-order valence-electron chi connectivity index (χ0n) is 19.6. The van der Waals surface area contributed by atoms with Gasteiger partial charge in [0.15, 0.2) is 0 Å². The molecule has 0 spiro atoms. The molecule has 1 rings (SSSR count). The van der Waals surface area contributed by atoms with E-state index in [4.69, 9.17) is 11.5 Å². The highest BCUT2D eigenvalue weighted by Gasteiger charge is 2.16. The molecule has 4 N–H and O–H groups in total. The summed E-state index contributed by atoms with van der Waals surface area (Å²) in [5.74, 6) is 0.832. The molecular weight excluding hydrogens is 340 g/mol. The van der Waals surface area contributed by atoms with Gasteiger partial charge >= 0.3 is 0 Å². The number of hydrogen-bond donors (Lipinski definition) is 2. The first-order valence-corrected chi connectivity index (χ1v) is 12.8. The van der Waals surface area contributed by atoms with Gasteiger partial charge in [-0.3, -0.25) is 0 Å². The molecule has 2 heteroatoms. The fourth-order valence-electron chi connectivity index (χ4n) is 4.05. The van der Waals surface area contributed by atoms with Crippen molar-refractivity contribution in [2.45, 2.75) is 142 Å². The number of unbranched alkanes of at least 4 members (excludes halogenated alkanes) is 12. The summed E-state index contributed by atoms with van der Waals surface area (Å²) >= 11 is 0. The lowest BCUT2D eigenvalue weighted by atomic mass is 9.85. The van der Waals surface area contributed by atoms with Crippen LogP contribution in [0.4, 0.5) is 0 Å². The van der Waals surface area contributed by atoms with E-state index < -0.39 is 0 Å². The van der Waals surface area contributed by atoms with Crippen molar-refractivity contribution in [2.75, 3.05) is 6.54 Å². The highest BCUT2D eigenvalue weighted by atomic mass is 14.6. The van der Waals surface area contributed by atoms with Gasteiger partial charge in [-0.25, -0.2) is 0 Å². The van der Waals surface area contributed by atoms with Gasteiger partial charge in [-0.1, -0.05) is 96.1 Å². The van der Waals surface area contributed by atoms with Crippen molar-refractivity contribution in [3.63, 3.8) is 0 Å². The second-order valence-corrected chi connectivity index (χ2v) is 8.98. The monoisotopic (exact) mass is 394 g/mol. The van der Waals surface area contributed by atoms with Gasteiger partial charge in [0.05, 0.1) is 0 Å². The molecule has 1 fully saturated rings. The van der Waals surface area contributed by atoms with E-state index in [-0.39, 0.29) is 0 Å². The average molecular weight is 395 g/mol. The smallest absolute Gasteiger partial charge is 0.00387 e. The van der Waals surface area contributed by atoms with Crippen molar-refractivity contribution >= 4 is 0 Å². The van der Waals surface area contributed by atoms with E-state index in [1.807, 2.05) is 0 Å². The molecule has 0 aliphatic heterocycles. The molecule has 2 nitrogen and oxygen atoms in total. The lowest BCUT2D eigenvalue weighted by Gasteiger charge is -2.24. The van der Waals surface area contributed by atoms with Crippen LogP contribution in [-0.2, 0) is 0 Å². The molecule has 0 saturated heterocycles. The first kappa shape index (κ1) is 27.7. The van der Waals surface area contributed by atoms with Gasteiger partial charge in [-0.2, -0.15) is 0 Å². The van der Waals surface area contributed by atoms with E-state index in [2.05, 4.69) is 26.0 Å². The molecule has 168 valence electrons. The lowest BCUT2D eigenvalue weighted by Crippen LogP contribution is -2.27. The van der Waals surface area contributed by atoms with Crippen molar-refractivity contribution in [1.82, 2.24) is 0 Å². The second kappa shape index (κ2) is 22.9. The van der Waals surface area contributed by atoms with E-state index in [1.54, 1.807) is 0 Å². The molecule has 0 aromatic heterocycles. The Hall–Kier alpha value is -0.340. The van der Waals surface area contributed by atoms with Crippen molar-refractivity contribution < 1.29 is 0 Å². The lowest BCUT2D eigenvalue weighted by molar-refractivity contribution is 0.316. The number of hydrogen-bond acceptors (Lipinski definition) is 2. The van der Waals surface area contributed by atoms with Gasteiger partial charge in [0.1, 0.15) is 0 Å². The number of rotatable bonds is 16. The third-order valence-electron chi connectivity index (χ3n) is 6.11. The molecule has 1 atom stereocenters. The Kier molecular flexibility index (Phi) is 22.7. The summed E-state index contributed by atoms with van der Waals surface area (Å²) in [5.41, 5.74) is 11.2. The zero-order valence-corrected chi connectivity index (χ0v) is 19.6. The van der Waals surface area contributed by atoms with E-state index >= 15 is 0 Å². The number of allylic oxidation sites excluding steroid dienone is 2. The maximum atomic E-state index is 5.77. The maximum Gasteiger partial charge on any atom is 0.00387 e. The topological polar surface area (TPSA) is 52.0 Å². The largest absolute Gasteiger partial charge is 0.330 e. The molecule has 1 aliphatic rings. The Bertz CT molecular complexity index is 306. The normalized spacial score (nSPS) is 16.1. The highest BCUT2D eigenvalue weighted by Crippen LogP contribution is 2.25. The Balaban J connectivity index is 0.000000668. The fourth-order valence-corrected chi connectivity index (χ4v) is 4.05. The summed E-state index contributed by atoms with van der Waals surface area (Å²) in [5, 5.41) is 0. The third-order valence-corrected chi connectivity index (χ3v) is 6.11. The van der Waals surface area contributed by atoms with Crippen LogP contribution in [0.15, 0.2) is 12.2 Å². The average Bonchev–Trinajstić information content (AvgIpc) is 2.72. The minimum Gasteiger partial charge on any atom is -0.330 e. The van der Waals surface area contributed by atoms with Gasteiger partial charge in [-0.15, -0.1) is 0 Å². The van der Waals surface area contributed by atoms with Crippen LogP contribution in [0, 0.1) is 5.92 Å². The molecule has 0 unspecified atom stereocenters. The van der Waals surface area contributed by atoms with Crippen LogP contribution in [0.5, 0.6) is 0 Å². The van der Waals surface area contributed by atoms with Crippen LogP contribution in [-0.4, -0.2) is 12.6 Å². The first-order chi connectivity index (χ1) is 13.7. The maximum absolute atomic E-state index is 5.77. The molecule has 0 amide bonds. The van der Waals surface area contributed by atoms with Crippen LogP contribution >= 0.6 is 0 Å². The number of nitrogens with two attached hydrogens (primary N) is 2. The van der Waals surface area contributed by atoms with Crippen molar-refractivity contribution in [3.05, 3.63) is 12.2 Å². The molecule has 1 aliphatic carbocycles. The summed E-state index contributed by atoms with van der Waals surface area (Å²) in [6.45, 7) is 5.28. The molecule has 0 heterocycles. The van der Waals surface area contributed by atoms with Crippen molar-refractivity contribution in [1.29, 1.82) is 0 Å². The minimum absolute atomic E-state index is 0.435. The first-order valence-electron chi connectivity index (χ1n) is 12.8. The van der Waals surface area contributed by atoms with Gasteiger partial charge in [0.2, 0.25) is 0 Å². The molecule has 0 bridgehead atoms. The molecule has 0 aromatic rings. The van der Waals surface area contributed by atoms with E-state index in [1.165, 1.54) is 122 Å². The molecular formula is C26H54N2. The fraction of sp³-hybridized carbons (Fsp3) is 0.923. The summed E-state index contributed by atoms with van der Waals surface area (Å²) in [6.07, 6.45) is 30.9. The Morgan fingerprint density at radius 3 is 1.61 bits per heavy atom. The predicted molar refractivity (Wildman–Crippen MR) is 129 cm³/mol. The molecule has 1 saturated carbocycles. The quantitative estimate of drug-likeness (QED) is 0.206. The molecule has 0 aromatic carbocycles. The van der Waals surface area contributed by atoms with E-state index in [9.17, 15) is 0 Å². The molecule has 0 radical (unpaired) electrons. The Morgan fingerprint density at radius 1 is 0.714 bits per heavy atom. The summed E-state index contributed by atoms with van der Waals surface area (Å²) in [7, 11) is 0. The standard InChI is InChI=1S/C18H37N.C8H17N/c1-2-3-4-5-6-7-8-9-10-11-12-13-14-15-16-17-18-19;1-7(9)8-5-3-2-4-6-8/h9-10H,2-8,11-19H2,1H3;7-8H,2-6,9H2,1H3/t;7-/m.0/s1. The van der Waals surface area contributed by atoms with Crippen molar-refractivity contribution in [3.8, 4) is 0 Å². The van der Waals surface area contributed by atoms with Crippen LogP contribution < -0.4 is 11.5 Å². The van der Waals surface area contributed by atoms with Gasteiger partial charge < -0.3 is 11.5 Å². The Labute approximate surface area is 178 Å². The van der Waals surface area contributed by atoms with Gasteiger partial charge in [0, 0.05) is 6.04 Å². The van der Waals surface area contributed by atoms with Crippen LogP contribution in [0.3, 0.4) is 0 Å². The van der Waals surface area contributed by atoms with Crippen LogP contribution in [0.2, 0.25) is 0 Å². The van der Waals surface area contributed by atoms with Crippen molar-refractivity contribution in [2.24, 2.45) is 17.4 Å². The minimum atomic E-state index is 0.435. The molecule has 28 heavy (non-hydrogen) atoms. The Morgan fingerprint density at radius 2 is 1.18 bits per heavy atom. The predicted octanol–water partition coefficient (Wildman–Crippen LogP) is 7.90. The highest BCUT2D eigenvalue weighted by molar-refractivity contribution is 4.81. The van der Waals surface area contributed by atoms with Crippen LogP contribution in [0.1, 0.15) is 136 Å². The SMILES string of the molecule is CCCCCCCCC=CCCCCCCCCN.C[C@H](N)C1CCCCC1. The van der Waals surface area contributed by atoms with Gasteiger partial charge in [0.25, 0.3) is 0 Å². The third kappa shape index (κ3) is 20.4. The summed E-state index contributed by atoms with van der Waals surface area (Å²) in [6, 6.07) is 0.435. The second-order valence-electron chi connectivity index (χ2n) is 8.98. The van der Waals surface area contributed by atoms with Gasteiger partial charge in [-0.05, 0) is 64.3 Å². The summed E-state index contributed by atoms with van der Waals surface area (Å²) in [4.78, 5) is 0. The zero-order chi connectivity index (χ0) is 20.7. The van der Waals surface area contributed by atoms with Crippen LogP contribution in [0.25, 0.3) is 0 Å². The van der Waals surface area contributed by atoms with E-state index in [0.29, 0.717) is 6.04 Å².